The van der Waals surface area contributed by atoms with Crippen molar-refractivity contribution in [1.29, 1.82) is 0 Å². The first kappa shape index (κ1) is 14.0. The van der Waals surface area contributed by atoms with Crippen molar-refractivity contribution in [3.05, 3.63) is 42.2 Å². The maximum atomic E-state index is 12.9. The Bertz CT molecular complexity index is 609. The number of imidazole rings is 1. The summed E-state index contributed by atoms with van der Waals surface area (Å²) in [5.74, 6) is 0.352. The van der Waals surface area contributed by atoms with Gasteiger partial charge in [-0.25, -0.2) is 9.37 Å². The van der Waals surface area contributed by atoms with E-state index in [0.717, 1.165) is 12.2 Å². The second-order valence-corrected chi connectivity index (χ2v) is 4.42. The number of hydrogen-bond acceptors (Lipinski definition) is 3. The van der Waals surface area contributed by atoms with Crippen LogP contribution in [0.1, 0.15) is 19.2 Å². The van der Waals surface area contributed by atoms with E-state index in [4.69, 9.17) is 5.73 Å². The van der Waals surface area contributed by atoms with E-state index in [1.54, 1.807) is 6.20 Å². The predicted octanol–water partition coefficient (Wildman–Crippen LogP) is 2.20. The van der Waals surface area contributed by atoms with E-state index >= 15 is 0 Å². The number of halogens is 1. The number of carbonyl (C=O) groups excluding carboxylic acids is 1. The van der Waals surface area contributed by atoms with E-state index in [1.165, 1.54) is 18.2 Å². The van der Waals surface area contributed by atoms with Crippen molar-refractivity contribution >= 4 is 17.3 Å². The molecule has 0 aliphatic rings. The highest BCUT2D eigenvalue weighted by molar-refractivity contribution is 5.93. The van der Waals surface area contributed by atoms with Gasteiger partial charge in [-0.15, -0.1) is 0 Å². The molecular formula is C14H17FN4O. The van der Waals surface area contributed by atoms with Crippen LogP contribution in [0.15, 0.2) is 30.6 Å². The summed E-state index contributed by atoms with van der Waals surface area (Å²) in [5, 5.41) is 2.67. The Morgan fingerprint density at radius 3 is 3.00 bits per heavy atom. The number of carbonyl (C=O) groups is 1. The molecule has 20 heavy (non-hydrogen) atoms. The van der Waals surface area contributed by atoms with Crippen molar-refractivity contribution in [2.75, 3.05) is 11.1 Å². The molecule has 6 heteroatoms. The number of aromatic nitrogens is 2. The van der Waals surface area contributed by atoms with Crippen molar-refractivity contribution in [1.82, 2.24) is 9.55 Å². The van der Waals surface area contributed by atoms with E-state index in [2.05, 4.69) is 10.3 Å². The number of nitrogens with one attached hydrogen (secondary N) is 1. The third-order valence-electron chi connectivity index (χ3n) is 2.99. The Balaban J connectivity index is 1.93. The van der Waals surface area contributed by atoms with E-state index < -0.39 is 5.82 Å². The van der Waals surface area contributed by atoms with Crippen LogP contribution in [-0.4, -0.2) is 15.5 Å². The lowest BCUT2D eigenvalue weighted by Crippen LogP contribution is -2.16. The third kappa shape index (κ3) is 3.34. The molecular weight excluding hydrogens is 259 g/mol. The van der Waals surface area contributed by atoms with Gasteiger partial charge in [0.1, 0.15) is 11.6 Å². The Morgan fingerprint density at radius 1 is 1.50 bits per heavy atom. The van der Waals surface area contributed by atoms with Gasteiger partial charge in [0.05, 0.1) is 11.4 Å². The Labute approximate surface area is 116 Å². The minimum atomic E-state index is -0.425. The fourth-order valence-corrected chi connectivity index (χ4v) is 1.94. The van der Waals surface area contributed by atoms with E-state index in [0.29, 0.717) is 18.7 Å². The zero-order valence-electron chi connectivity index (χ0n) is 11.3. The number of rotatable bonds is 5. The van der Waals surface area contributed by atoms with Crippen LogP contribution < -0.4 is 11.1 Å². The SMILES string of the molecule is CCc1nccn1CCC(=O)Nc1ccc(F)cc1N. The number of amides is 1. The van der Waals surface area contributed by atoms with Crippen LogP contribution in [-0.2, 0) is 17.8 Å². The largest absolute Gasteiger partial charge is 0.397 e. The summed E-state index contributed by atoms with van der Waals surface area (Å²) in [5.41, 5.74) is 6.28. The first-order valence-electron chi connectivity index (χ1n) is 6.45. The van der Waals surface area contributed by atoms with Gasteiger partial charge in [0.25, 0.3) is 0 Å². The van der Waals surface area contributed by atoms with E-state index in [-0.39, 0.29) is 11.6 Å². The highest BCUT2D eigenvalue weighted by Crippen LogP contribution is 2.19. The molecule has 0 unspecified atom stereocenters. The van der Waals surface area contributed by atoms with Crippen LogP contribution in [0.5, 0.6) is 0 Å². The summed E-state index contributed by atoms with van der Waals surface area (Å²) < 4.78 is 14.8. The Morgan fingerprint density at radius 2 is 2.30 bits per heavy atom. The molecule has 2 aromatic rings. The minimum Gasteiger partial charge on any atom is -0.397 e. The summed E-state index contributed by atoms with van der Waals surface area (Å²) in [6.45, 7) is 2.56. The number of anilines is 2. The van der Waals surface area contributed by atoms with Gasteiger partial charge < -0.3 is 15.6 Å². The van der Waals surface area contributed by atoms with Crippen LogP contribution in [0.2, 0.25) is 0 Å². The molecule has 0 saturated carbocycles. The predicted molar refractivity (Wildman–Crippen MR) is 75.7 cm³/mol. The van der Waals surface area contributed by atoms with Gasteiger partial charge in [0.15, 0.2) is 0 Å². The highest BCUT2D eigenvalue weighted by atomic mass is 19.1. The van der Waals surface area contributed by atoms with Crippen LogP contribution in [0.4, 0.5) is 15.8 Å². The number of nitrogen functional groups attached to an aromatic ring is 1. The van der Waals surface area contributed by atoms with Crippen LogP contribution in [0.25, 0.3) is 0 Å². The quantitative estimate of drug-likeness (QED) is 0.822. The van der Waals surface area contributed by atoms with Crippen LogP contribution in [0, 0.1) is 5.82 Å². The van der Waals surface area contributed by atoms with Crippen molar-refractivity contribution in [3.63, 3.8) is 0 Å². The second-order valence-electron chi connectivity index (χ2n) is 4.42. The van der Waals surface area contributed by atoms with E-state index in [9.17, 15) is 9.18 Å². The summed E-state index contributed by atoms with van der Waals surface area (Å²) in [7, 11) is 0. The average Bonchev–Trinajstić information content (AvgIpc) is 2.87. The van der Waals surface area contributed by atoms with Gasteiger partial charge in [0, 0.05) is 31.8 Å². The van der Waals surface area contributed by atoms with Gasteiger partial charge >= 0.3 is 0 Å². The maximum absolute atomic E-state index is 12.9. The summed E-state index contributed by atoms with van der Waals surface area (Å²) in [6, 6.07) is 3.90. The zero-order chi connectivity index (χ0) is 14.5. The maximum Gasteiger partial charge on any atom is 0.226 e. The molecule has 0 bridgehead atoms. The number of benzene rings is 1. The average molecular weight is 276 g/mol. The summed E-state index contributed by atoms with van der Waals surface area (Å²) >= 11 is 0. The van der Waals surface area contributed by atoms with Crippen molar-refractivity contribution < 1.29 is 9.18 Å². The molecule has 1 aromatic heterocycles. The number of hydrogen-bond donors (Lipinski definition) is 2. The minimum absolute atomic E-state index is 0.168. The Hall–Kier alpha value is -2.37. The molecule has 0 aliphatic heterocycles. The van der Waals surface area contributed by atoms with Gasteiger partial charge in [-0.1, -0.05) is 6.92 Å². The van der Waals surface area contributed by atoms with Crippen molar-refractivity contribution in [2.24, 2.45) is 0 Å². The zero-order valence-corrected chi connectivity index (χ0v) is 11.3. The first-order chi connectivity index (χ1) is 9.60. The lowest BCUT2D eigenvalue weighted by molar-refractivity contribution is -0.116. The number of nitrogens with zero attached hydrogens (tertiary/aromatic N) is 2. The monoisotopic (exact) mass is 276 g/mol. The van der Waals surface area contributed by atoms with Crippen LogP contribution >= 0.6 is 0 Å². The molecule has 2 rings (SSSR count). The molecule has 3 N–H and O–H groups in total. The molecule has 0 saturated heterocycles. The fraction of sp³-hybridized carbons (Fsp3) is 0.286. The number of aryl methyl sites for hydroxylation is 2. The molecule has 1 amide bonds. The van der Waals surface area contributed by atoms with Crippen molar-refractivity contribution in [2.45, 2.75) is 26.3 Å². The topological polar surface area (TPSA) is 72.9 Å². The lowest BCUT2D eigenvalue weighted by Gasteiger charge is -2.09. The smallest absolute Gasteiger partial charge is 0.226 e. The molecule has 0 atom stereocenters. The standard InChI is InChI=1S/C14H17FN4O/c1-2-13-17-6-8-19(13)7-5-14(20)18-12-4-3-10(15)9-11(12)16/h3-4,6,8-9H,2,5,7,16H2,1H3,(H,18,20). The second kappa shape index (κ2) is 6.18. The third-order valence-corrected chi connectivity index (χ3v) is 2.99. The Kier molecular flexibility index (Phi) is 4.34. The van der Waals surface area contributed by atoms with E-state index in [1.807, 2.05) is 17.7 Å². The molecule has 0 fully saturated rings. The molecule has 106 valence electrons. The normalized spacial score (nSPS) is 10.5. The molecule has 1 aromatic carbocycles. The first-order valence-corrected chi connectivity index (χ1v) is 6.45. The van der Waals surface area contributed by atoms with Crippen LogP contribution in [0.3, 0.4) is 0 Å². The fourth-order valence-electron chi connectivity index (χ4n) is 1.94. The number of nitrogens with two attached hydrogens (primary N) is 1. The molecule has 0 spiro atoms. The van der Waals surface area contributed by atoms with Crippen molar-refractivity contribution in [3.8, 4) is 0 Å². The van der Waals surface area contributed by atoms with Gasteiger partial charge in [-0.2, -0.15) is 0 Å². The molecule has 0 radical (unpaired) electrons. The van der Waals surface area contributed by atoms with Gasteiger partial charge in [0.2, 0.25) is 5.91 Å². The summed E-state index contributed by atoms with van der Waals surface area (Å²) in [4.78, 5) is 16.0. The van der Waals surface area contributed by atoms with Gasteiger partial charge in [-0.3, -0.25) is 4.79 Å². The molecule has 0 aliphatic carbocycles. The molecule has 5 nitrogen and oxygen atoms in total. The highest BCUT2D eigenvalue weighted by Gasteiger charge is 2.07. The molecule has 1 heterocycles. The van der Waals surface area contributed by atoms with Gasteiger partial charge in [-0.05, 0) is 18.2 Å². The lowest BCUT2D eigenvalue weighted by atomic mass is 10.2. The summed E-state index contributed by atoms with van der Waals surface area (Å²) in [6.07, 6.45) is 4.69.